The fourth-order valence-electron chi connectivity index (χ4n) is 5.51. The highest BCUT2D eigenvalue weighted by Crippen LogP contribution is 2.41. The van der Waals surface area contributed by atoms with Crippen molar-refractivity contribution in [1.82, 2.24) is 19.0 Å². The first kappa shape index (κ1) is 26.6. The van der Waals surface area contributed by atoms with Crippen LogP contribution in [0.2, 0.25) is 0 Å². The van der Waals surface area contributed by atoms with Crippen molar-refractivity contribution in [2.45, 2.75) is 42.5 Å². The van der Waals surface area contributed by atoms with Crippen molar-refractivity contribution in [1.29, 1.82) is 0 Å². The summed E-state index contributed by atoms with van der Waals surface area (Å²) in [6, 6.07) is 7.21. The van der Waals surface area contributed by atoms with Crippen LogP contribution in [0.4, 0.5) is 4.79 Å². The number of hydrogen-bond acceptors (Lipinski definition) is 8. The van der Waals surface area contributed by atoms with E-state index in [9.17, 15) is 18.0 Å². The number of aryl methyl sites for hydroxylation is 1. The summed E-state index contributed by atoms with van der Waals surface area (Å²) in [5.41, 5.74) is 7.87. The molecule has 1 aromatic carbocycles. The molecule has 11 nitrogen and oxygen atoms in total. The average Bonchev–Trinajstić information content (AvgIpc) is 3.38. The third kappa shape index (κ3) is 4.81. The van der Waals surface area contributed by atoms with Crippen LogP contribution in [-0.2, 0) is 28.2 Å². The summed E-state index contributed by atoms with van der Waals surface area (Å²) in [5.74, 6) is 1.58. The van der Waals surface area contributed by atoms with E-state index in [1.165, 1.54) is 17.6 Å². The summed E-state index contributed by atoms with van der Waals surface area (Å²) in [5, 5.41) is 0.869. The molecule has 2 amide bonds. The molecule has 212 valence electrons. The van der Waals surface area contributed by atoms with Crippen LogP contribution in [0.25, 0.3) is 32.8 Å². The number of sulfone groups is 1. The Balaban J connectivity index is 1.41. The smallest absolute Gasteiger partial charge is 0.404 e. The van der Waals surface area contributed by atoms with E-state index < -0.39 is 22.0 Å². The van der Waals surface area contributed by atoms with Gasteiger partial charge in [0.05, 0.1) is 24.9 Å². The first-order chi connectivity index (χ1) is 19.0. The zero-order valence-electron chi connectivity index (χ0n) is 22.5. The molecule has 0 bridgehead atoms. The number of methoxy groups -OCH3 is 1. The lowest BCUT2D eigenvalue weighted by Crippen LogP contribution is -2.44. The molecule has 0 spiro atoms. The van der Waals surface area contributed by atoms with E-state index in [4.69, 9.17) is 20.2 Å². The minimum absolute atomic E-state index is 0.198. The quantitative estimate of drug-likeness (QED) is 0.348. The van der Waals surface area contributed by atoms with Gasteiger partial charge in [-0.1, -0.05) is 0 Å². The minimum atomic E-state index is -3.31. The van der Waals surface area contributed by atoms with Crippen LogP contribution in [-0.4, -0.2) is 72.0 Å². The SMILES string of the molecule is COc1cc(C(=O)N2CCC[C@@H](OC(N)=O)C2)cc2nc(-c3cc4cc(S(C)(=O)=O)sc4n3CC3CC3)n(C)c12. The number of carbonyl (C=O) groups excluding carboxylic acids is 2. The van der Waals surface area contributed by atoms with Gasteiger partial charge in [0.2, 0.25) is 0 Å². The molecule has 40 heavy (non-hydrogen) atoms. The van der Waals surface area contributed by atoms with Gasteiger partial charge in [0.1, 0.15) is 26.4 Å². The standard InChI is InChI=1S/C27H31N5O6S2/c1-30-23-19(9-16(11-21(23)37-2)25(33)31-8-4-5-18(14-31)38-27(28)34)29-24(30)20-10-17-12-22(40(3,35)36)39-26(17)32(20)13-15-6-7-15/h9-12,15,18H,4-8,13-14H2,1-3H3,(H2,28,34)/t18-/m1/s1. The molecule has 1 aliphatic heterocycles. The summed E-state index contributed by atoms with van der Waals surface area (Å²) in [6.07, 6.45) is 3.60. The van der Waals surface area contributed by atoms with Crippen LogP contribution in [0.5, 0.6) is 5.75 Å². The Hall–Kier alpha value is -3.58. The molecular weight excluding hydrogens is 554 g/mol. The molecule has 4 heterocycles. The number of rotatable bonds is 7. The Morgan fingerprint density at radius 2 is 1.95 bits per heavy atom. The fourth-order valence-corrected chi connectivity index (χ4v) is 7.59. The molecule has 6 rings (SSSR count). The number of nitrogens with two attached hydrogens (primary N) is 1. The van der Waals surface area contributed by atoms with Crippen LogP contribution in [0.1, 0.15) is 36.0 Å². The summed E-state index contributed by atoms with van der Waals surface area (Å²) in [4.78, 5) is 32.3. The molecule has 1 saturated carbocycles. The Morgan fingerprint density at radius 1 is 1.18 bits per heavy atom. The topological polar surface area (TPSA) is 139 Å². The molecule has 0 radical (unpaired) electrons. The highest BCUT2D eigenvalue weighted by molar-refractivity contribution is 7.92. The van der Waals surface area contributed by atoms with E-state index in [1.54, 1.807) is 30.2 Å². The van der Waals surface area contributed by atoms with E-state index in [0.29, 0.717) is 52.2 Å². The number of fused-ring (bicyclic) bond motifs is 2. The minimum Gasteiger partial charge on any atom is -0.494 e. The lowest BCUT2D eigenvalue weighted by molar-refractivity contribution is 0.0373. The van der Waals surface area contributed by atoms with Crippen LogP contribution < -0.4 is 10.5 Å². The molecule has 13 heteroatoms. The average molecular weight is 586 g/mol. The van der Waals surface area contributed by atoms with Gasteiger partial charge in [0.15, 0.2) is 15.7 Å². The number of imidazole rings is 1. The van der Waals surface area contributed by atoms with Crippen molar-refractivity contribution in [3.63, 3.8) is 0 Å². The second kappa shape index (κ2) is 9.81. The second-order valence-corrected chi connectivity index (χ2v) is 13.9. The highest BCUT2D eigenvalue weighted by atomic mass is 32.2. The third-order valence-corrected chi connectivity index (χ3v) is 10.6. The number of aromatic nitrogens is 3. The molecular formula is C27H31N5O6S2. The van der Waals surface area contributed by atoms with Gasteiger partial charge >= 0.3 is 6.09 Å². The van der Waals surface area contributed by atoms with Gasteiger partial charge in [-0.3, -0.25) is 4.79 Å². The number of likely N-dealkylation sites (tertiary alicyclic amines) is 1. The zero-order chi connectivity index (χ0) is 28.3. The van der Waals surface area contributed by atoms with Crippen molar-refractivity contribution in [3.05, 3.63) is 29.8 Å². The normalized spacial score (nSPS) is 18.0. The lowest BCUT2D eigenvalue weighted by Gasteiger charge is -2.32. The van der Waals surface area contributed by atoms with Gasteiger partial charge in [-0.05, 0) is 55.9 Å². The first-order valence-electron chi connectivity index (χ1n) is 13.2. The third-order valence-electron chi connectivity index (χ3n) is 7.63. The van der Waals surface area contributed by atoms with Gasteiger partial charge < -0.3 is 29.2 Å². The van der Waals surface area contributed by atoms with E-state index in [0.717, 1.165) is 40.8 Å². The van der Waals surface area contributed by atoms with Crippen molar-refractivity contribution in [2.75, 3.05) is 26.5 Å². The number of hydrogen-bond donors (Lipinski definition) is 1. The van der Waals surface area contributed by atoms with Crippen LogP contribution in [0.3, 0.4) is 0 Å². The van der Waals surface area contributed by atoms with Crippen LogP contribution >= 0.6 is 11.3 Å². The summed E-state index contributed by atoms with van der Waals surface area (Å²) < 4.78 is 39.8. The van der Waals surface area contributed by atoms with E-state index >= 15 is 0 Å². The predicted molar refractivity (Wildman–Crippen MR) is 152 cm³/mol. The zero-order valence-corrected chi connectivity index (χ0v) is 24.2. The number of nitrogens with zero attached hydrogens (tertiary/aromatic N) is 4. The Morgan fingerprint density at radius 3 is 2.62 bits per heavy atom. The van der Waals surface area contributed by atoms with Gasteiger partial charge in [-0.15, -0.1) is 11.3 Å². The number of carbonyl (C=O) groups is 2. The lowest BCUT2D eigenvalue weighted by atomic mass is 10.1. The number of primary amides is 1. The van der Waals surface area contributed by atoms with Gasteiger partial charge in [-0.2, -0.15) is 0 Å². The second-order valence-electron chi connectivity index (χ2n) is 10.7. The maximum atomic E-state index is 13.5. The summed E-state index contributed by atoms with van der Waals surface area (Å²) in [6.45, 7) is 1.61. The van der Waals surface area contributed by atoms with Crippen molar-refractivity contribution >= 4 is 54.4 Å². The van der Waals surface area contributed by atoms with Gasteiger partial charge in [0.25, 0.3) is 5.91 Å². The maximum Gasteiger partial charge on any atom is 0.404 e. The number of piperidine rings is 1. The largest absolute Gasteiger partial charge is 0.494 e. The van der Waals surface area contributed by atoms with Crippen molar-refractivity contribution < 1.29 is 27.5 Å². The monoisotopic (exact) mass is 585 g/mol. The summed E-state index contributed by atoms with van der Waals surface area (Å²) in [7, 11) is 0.164. The number of thiophene rings is 1. The predicted octanol–water partition coefficient (Wildman–Crippen LogP) is 3.78. The van der Waals surface area contributed by atoms with Gasteiger partial charge in [0, 0.05) is 37.3 Å². The molecule has 1 atom stereocenters. The van der Waals surface area contributed by atoms with Crippen molar-refractivity contribution in [2.24, 2.45) is 18.7 Å². The summed E-state index contributed by atoms with van der Waals surface area (Å²) >= 11 is 1.29. The molecule has 3 aromatic heterocycles. The Bertz CT molecular complexity index is 1760. The van der Waals surface area contributed by atoms with Crippen LogP contribution in [0, 0.1) is 5.92 Å². The van der Waals surface area contributed by atoms with E-state index in [-0.39, 0.29) is 12.5 Å². The molecule has 2 aliphatic rings. The highest BCUT2D eigenvalue weighted by Gasteiger charge is 2.30. The Kier molecular flexibility index (Phi) is 6.53. The molecule has 2 fully saturated rings. The van der Waals surface area contributed by atoms with E-state index in [1.807, 2.05) is 17.7 Å². The van der Waals surface area contributed by atoms with Crippen molar-refractivity contribution in [3.8, 4) is 17.3 Å². The van der Waals surface area contributed by atoms with E-state index in [2.05, 4.69) is 4.57 Å². The number of amides is 2. The molecule has 1 aliphatic carbocycles. The molecule has 4 aromatic rings. The van der Waals surface area contributed by atoms with Gasteiger partial charge in [-0.25, -0.2) is 18.2 Å². The fraction of sp³-hybridized carbons (Fsp3) is 0.444. The number of benzene rings is 1. The Labute approximate surface area is 235 Å². The maximum absolute atomic E-state index is 13.5. The first-order valence-corrected chi connectivity index (χ1v) is 15.9. The van der Waals surface area contributed by atoms with Crippen LogP contribution in [0.15, 0.2) is 28.5 Å². The molecule has 2 N–H and O–H groups in total. The molecule has 0 unspecified atom stereocenters. The molecule has 1 saturated heterocycles. The number of ether oxygens (including phenoxy) is 2.